The normalized spacial score (nSPS) is 11.7. The predicted molar refractivity (Wildman–Crippen MR) is 118 cm³/mol. The summed E-state index contributed by atoms with van der Waals surface area (Å²) in [6, 6.07) is 0. The van der Waals surface area contributed by atoms with E-state index in [0.29, 0.717) is 30.2 Å². The molecule has 1 aromatic rings. The Bertz CT molecular complexity index is 741. The number of aromatic nitrogens is 2. The highest BCUT2D eigenvalue weighted by atomic mass is 32.2. The SMILES string of the molecule is CCCC(=O)n1c(SCCCCCCOC(=O)C(C)(C)C(C)C)ncc(C)c1=O. The van der Waals surface area contributed by atoms with Gasteiger partial charge in [0, 0.05) is 23.9 Å². The van der Waals surface area contributed by atoms with Gasteiger partial charge >= 0.3 is 5.97 Å². The maximum absolute atomic E-state index is 12.3. The van der Waals surface area contributed by atoms with Gasteiger partial charge in [-0.05, 0) is 46.0 Å². The summed E-state index contributed by atoms with van der Waals surface area (Å²) in [5, 5.41) is 0.476. The maximum Gasteiger partial charge on any atom is 0.311 e. The van der Waals surface area contributed by atoms with Crippen molar-refractivity contribution >= 4 is 23.6 Å². The number of hydrogen-bond donors (Lipinski definition) is 0. The van der Waals surface area contributed by atoms with E-state index in [1.54, 1.807) is 6.92 Å². The molecule has 0 N–H and O–H groups in total. The van der Waals surface area contributed by atoms with Crippen molar-refractivity contribution in [3.8, 4) is 0 Å². The van der Waals surface area contributed by atoms with Crippen molar-refractivity contribution in [3.05, 3.63) is 22.1 Å². The number of nitrogens with zero attached hydrogens (tertiary/aromatic N) is 2. The van der Waals surface area contributed by atoms with Crippen LogP contribution in [-0.4, -0.2) is 33.8 Å². The Kier molecular flexibility index (Phi) is 10.6. The summed E-state index contributed by atoms with van der Waals surface area (Å²) in [5.41, 5.74) is -0.246. The lowest BCUT2D eigenvalue weighted by atomic mass is 9.81. The predicted octanol–water partition coefficient (Wildman–Crippen LogP) is 4.87. The summed E-state index contributed by atoms with van der Waals surface area (Å²) in [4.78, 5) is 41.0. The quantitative estimate of drug-likeness (QED) is 0.206. The smallest absolute Gasteiger partial charge is 0.311 e. The fourth-order valence-corrected chi connectivity index (χ4v) is 3.46. The first kappa shape index (κ1) is 25.4. The van der Waals surface area contributed by atoms with Crippen LogP contribution in [0.5, 0.6) is 0 Å². The molecule has 0 amide bonds. The molecule has 0 aliphatic carbocycles. The Morgan fingerprint density at radius 1 is 1.21 bits per heavy atom. The summed E-state index contributed by atoms with van der Waals surface area (Å²) >= 11 is 1.45. The average molecular weight is 425 g/mol. The van der Waals surface area contributed by atoms with Gasteiger partial charge in [-0.3, -0.25) is 14.4 Å². The van der Waals surface area contributed by atoms with Crippen LogP contribution in [0.2, 0.25) is 0 Å². The Hall–Kier alpha value is -1.63. The minimum Gasteiger partial charge on any atom is -0.465 e. The zero-order chi connectivity index (χ0) is 22.0. The Labute approximate surface area is 178 Å². The lowest BCUT2D eigenvalue weighted by molar-refractivity contribution is -0.156. The van der Waals surface area contributed by atoms with Crippen molar-refractivity contribution in [2.24, 2.45) is 11.3 Å². The number of esters is 1. The van der Waals surface area contributed by atoms with E-state index >= 15 is 0 Å². The minimum atomic E-state index is -0.456. The summed E-state index contributed by atoms with van der Waals surface area (Å²) < 4.78 is 6.63. The fraction of sp³-hybridized carbons (Fsp3) is 0.727. The molecule has 0 fully saturated rings. The van der Waals surface area contributed by atoms with Gasteiger partial charge in [0.1, 0.15) is 0 Å². The topological polar surface area (TPSA) is 78.3 Å². The molecule has 0 radical (unpaired) electrons. The summed E-state index contributed by atoms with van der Waals surface area (Å²) in [7, 11) is 0. The average Bonchev–Trinajstić information content (AvgIpc) is 2.66. The van der Waals surface area contributed by atoms with Crippen molar-refractivity contribution in [2.45, 2.75) is 85.2 Å². The van der Waals surface area contributed by atoms with Gasteiger partial charge in [-0.15, -0.1) is 0 Å². The number of aryl methyl sites for hydroxylation is 1. The molecule has 1 heterocycles. The van der Waals surface area contributed by atoms with Gasteiger partial charge in [-0.25, -0.2) is 9.55 Å². The molecule has 0 spiro atoms. The first-order valence-corrected chi connectivity index (χ1v) is 11.5. The third-order valence-electron chi connectivity index (χ3n) is 5.29. The molecule has 0 unspecified atom stereocenters. The lowest BCUT2D eigenvalue weighted by Crippen LogP contribution is -2.32. The Balaban J connectivity index is 2.38. The van der Waals surface area contributed by atoms with Gasteiger partial charge in [-0.1, -0.05) is 45.4 Å². The highest BCUT2D eigenvalue weighted by Gasteiger charge is 2.32. The van der Waals surface area contributed by atoms with Crippen LogP contribution in [0, 0.1) is 18.3 Å². The van der Waals surface area contributed by atoms with Gasteiger partial charge in [-0.2, -0.15) is 0 Å². The molecule has 0 aliphatic heterocycles. The minimum absolute atomic E-state index is 0.136. The standard InChI is InChI=1S/C22H36N2O4S/c1-7-12-18(25)24-19(26)17(4)15-23-21(24)29-14-11-9-8-10-13-28-20(27)22(5,6)16(2)3/h15-16H,7-14H2,1-6H3. The van der Waals surface area contributed by atoms with Crippen LogP contribution in [-0.2, 0) is 9.53 Å². The number of hydrogen-bond acceptors (Lipinski definition) is 6. The third-order valence-corrected chi connectivity index (χ3v) is 6.33. The van der Waals surface area contributed by atoms with E-state index in [2.05, 4.69) is 4.98 Å². The molecule has 0 atom stereocenters. The van der Waals surface area contributed by atoms with Crippen molar-refractivity contribution < 1.29 is 14.3 Å². The number of ether oxygens (including phenoxy) is 1. The van der Waals surface area contributed by atoms with Gasteiger partial charge in [0.15, 0.2) is 5.16 Å². The van der Waals surface area contributed by atoms with E-state index in [4.69, 9.17) is 4.74 Å². The molecular weight excluding hydrogens is 388 g/mol. The highest BCUT2D eigenvalue weighted by Crippen LogP contribution is 2.27. The summed E-state index contributed by atoms with van der Waals surface area (Å²) in [6.45, 7) is 11.9. The molecule has 0 bridgehead atoms. The molecule has 164 valence electrons. The molecule has 1 aromatic heterocycles. The molecule has 0 aromatic carbocycles. The third kappa shape index (κ3) is 7.61. The second-order valence-electron chi connectivity index (χ2n) is 8.28. The van der Waals surface area contributed by atoms with Crippen LogP contribution in [0.4, 0.5) is 0 Å². The summed E-state index contributed by atoms with van der Waals surface area (Å²) in [6.07, 6.45) is 6.32. The molecule has 7 heteroatoms. The Morgan fingerprint density at radius 2 is 1.86 bits per heavy atom. The zero-order valence-corrected chi connectivity index (χ0v) is 19.6. The molecule has 1 rings (SSSR count). The van der Waals surface area contributed by atoms with Gasteiger partial charge in [0.05, 0.1) is 12.0 Å². The van der Waals surface area contributed by atoms with Crippen LogP contribution in [0.15, 0.2) is 16.1 Å². The van der Waals surface area contributed by atoms with Crippen molar-refractivity contribution in [3.63, 3.8) is 0 Å². The fourth-order valence-electron chi connectivity index (χ4n) is 2.48. The van der Waals surface area contributed by atoms with Crippen LogP contribution >= 0.6 is 11.8 Å². The van der Waals surface area contributed by atoms with Crippen molar-refractivity contribution in [1.29, 1.82) is 0 Å². The maximum atomic E-state index is 12.3. The van der Waals surface area contributed by atoms with Crippen LogP contribution in [0.1, 0.15) is 83.5 Å². The molecule has 29 heavy (non-hydrogen) atoms. The Morgan fingerprint density at radius 3 is 2.48 bits per heavy atom. The van der Waals surface area contributed by atoms with E-state index in [1.165, 1.54) is 22.5 Å². The molecule has 0 aliphatic rings. The molecule has 0 saturated carbocycles. The lowest BCUT2D eigenvalue weighted by Gasteiger charge is -2.26. The van der Waals surface area contributed by atoms with E-state index in [0.717, 1.165) is 31.4 Å². The molecule has 6 nitrogen and oxygen atoms in total. The second kappa shape index (κ2) is 12.2. The second-order valence-corrected chi connectivity index (χ2v) is 9.35. The number of unbranched alkanes of at least 4 members (excludes halogenated alkanes) is 3. The van der Waals surface area contributed by atoms with Crippen LogP contribution in [0.3, 0.4) is 0 Å². The van der Waals surface area contributed by atoms with Crippen molar-refractivity contribution in [1.82, 2.24) is 9.55 Å². The highest BCUT2D eigenvalue weighted by molar-refractivity contribution is 7.99. The van der Waals surface area contributed by atoms with Gasteiger partial charge in [0.25, 0.3) is 5.56 Å². The van der Waals surface area contributed by atoms with Crippen LogP contribution in [0.25, 0.3) is 0 Å². The van der Waals surface area contributed by atoms with Gasteiger partial charge in [0.2, 0.25) is 5.91 Å². The first-order chi connectivity index (χ1) is 13.6. The van der Waals surface area contributed by atoms with Gasteiger partial charge < -0.3 is 4.74 Å². The number of rotatable bonds is 12. The molecular formula is C22H36N2O4S. The summed E-state index contributed by atoms with van der Waals surface area (Å²) in [5.74, 6) is 0.698. The van der Waals surface area contributed by atoms with E-state index in [9.17, 15) is 14.4 Å². The van der Waals surface area contributed by atoms with E-state index in [-0.39, 0.29) is 23.4 Å². The molecule has 0 saturated heterocycles. The number of thioether (sulfide) groups is 1. The van der Waals surface area contributed by atoms with Crippen LogP contribution < -0.4 is 5.56 Å². The van der Waals surface area contributed by atoms with Crippen molar-refractivity contribution in [2.75, 3.05) is 12.4 Å². The monoisotopic (exact) mass is 424 g/mol. The van der Waals surface area contributed by atoms with E-state index in [1.807, 2.05) is 34.6 Å². The van der Waals surface area contributed by atoms with E-state index < -0.39 is 5.41 Å². The number of carbonyl (C=O) groups excluding carboxylic acids is 2. The largest absolute Gasteiger partial charge is 0.465 e. The zero-order valence-electron chi connectivity index (χ0n) is 18.7. The number of carbonyl (C=O) groups is 2. The first-order valence-electron chi connectivity index (χ1n) is 10.5.